The van der Waals surface area contributed by atoms with Crippen LogP contribution in [-0.4, -0.2) is 29.4 Å². The largest absolute Gasteiger partial charge is 0.359 e. The Hall–Kier alpha value is -0.683. The minimum absolute atomic E-state index is 0.518. The lowest BCUT2D eigenvalue weighted by atomic mass is 10.8. The van der Waals surface area contributed by atoms with E-state index in [1.807, 2.05) is 0 Å². The third-order valence-corrected chi connectivity index (χ3v) is 3.39. The first-order chi connectivity index (χ1) is 6.08. The van der Waals surface area contributed by atoms with Crippen molar-refractivity contribution >= 4 is 8.07 Å². The molecule has 0 fully saturated rings. The second-order valence-corrected chi connectivity index (χ2v) is 9.90. The number of hydrogen-bond donors (Lipinski definition) is 0. The summed E-state index contributed by atoms with van der Waals surface area (Å²) >= 11 is 0. The number of rotatable bonds is 5. The molecular weight excluding hydrogens is 182 g/mol. The number of aromatic nitrogens is 3. The van der Waals surface area contributed by atoms with Crippen LogP contribution < -0.4 is 0 Å². The van der Waals surface area contributed by atoms with Crippen molar-refractivity contribution in [3.8, 4) is 0 Å². The summed E-state index contributed by atoms with van der Waals surface area (Å²) in [6, 6.07) is 1.20. The Bertz CT molecular complexity index is 230. The van der Waals surface area contributed by atoms with Crippen LogP contribution in [0.5, 0.6) is 0 Å². The standard InChI is InChI=1S/C8H17N3OSi/c1-13(2,3)5-4-12-8-11-7-9-6-10-11/h6-7H,4-5,8H2,1-3H3. The molecule has 0 unspecified atom stereocenters. The van der Waals surface area contributed by atoms with Crippen LogP contribution in [-0.2, 0) is 11.5 Å². The molecule has 0 spiro atoms. The second-order valence-electron chi connectivity index (χ2n) is 4.28. The Labute approximate surface area is 79.9 Å². The maximum Gasteiger partial charge on any atom is 0.141 e. The van der Waals surface area contributed by atoms with E-state index in [0.717, 1.165) is 6.61 Å². The first kappa shape index (κ1) is 10.4. The van der Waals surface area contributed by atoms with E-state index in [-0.39, 0.29) is 0 Å². The maximum absolute atomic E-state index is 5.45. The monoisotopic (exact) mass is 199 g/mol. The van der Waals surface area contributed by atoms with E-state index in [1.54, 1.807) is 11.0 Å². The average Bonchev–Trinajstić information content (AvgIpc) is 2.48. The maximum atomic E-state index is 5.45. The van der Waals surface area contributed by atoms with Crippen LogP contribution >= 0.6 is 0 Å². The summed E-state index contributed by atoms with van der Waals surface area (Å²) in [5, 5.41) is 3.94. The van der Waals surface area contributed by atoms with Gasteiger partial charge >= 0.3 is 0 Å². The number of ether oxygens (including phenoxy) is 1. The molecule has 0 N–H and O–H groups in total. The van der Waals surface area contributed by atoms with Gasteiger partial charge in [0, 0.05) is 14.7 Å². The quantitative estimate of drug-likeness (QED) is 0.534. The van der Waals surface area contributed by atoms with Crippen molar-refractivity contribution < 1.29 is 4.74 Å². The molecule has 0 aromatic carbocycles. The molecule has 0 atom stereocenters. The van der Waals surface area contributed by atoms with Crippen molar-refractivity contribution in [3.63, 3.8) is 0 Å². The van der Waals surface area contributed by atoms with Gasteiger partial charge in [0.15, 0.2) is 0 Å². The fourth-order valence-electron chi connectivity index (χ4n) is 0.836. The minimum atomic E-state index is -0.950. The Morgan fingerprint density at radius 3 is 2.69 bits per heavy atom. The molecule has 1 rings (SSSR count). The van der Waals surface area contributed by atoms with Crippen molar-refractivity contribution in [2.45, 2.75) is 32.4 Å². The highest BCUT2D eigenvalue weighted by atomic mass is 28.3. The predicted molar refractivity (Wildman–Crippen MR) is 54.1 cm³/mol. The van der Waals surface area contributed by atoms with Crippen LogP contribution in [0.4, 0.5) is 0 Å². The van der Waals surface area contributed by atoms with Crippen LogP contribution in [0.2, 0.25) is 25.7 Å². The van der Waals surface area contributed by atoms with Gasteiger partial charge in [-0.25, -0.2) is 9.67 Å². The van der Waals surface area contributed by atoms with E-state index in [2.05, 4.69) is 29.7 Å². The van der Waals surface area contributed by atoms with Crippen LogP contribution in [0.25, 0.3) is 0 Å². The fourth-order valence-corrected chi connectivity index (χ4v) is 1.59. The predicted octanol–water partition coefficient (Wildman–Crippen LogP) is 1.59. The molecule has 0 aliphatic carbocycles. The van der Waals surface area contributed by atoms with Gasteiger partial charge in [0.05, 0.1) is 0 Å². The van der Waals surface area contributed by atoms with Gasteiger partial charge < -0.3 is 4.74 Å². The highest BCUT2D eigenvalue weighted by Crippen LogP contribution is 2.07. The lowest BCUT2D eigenvalue weighted by molar-refractivity contribution is 0.0783. The van der Waals surface area contributed by atoms with Gasteiger partial charge in [0.25, 0.3) is 0 Å². The van der Waals surface area contributed by atoms with Gasteiger partial charge in [-0.1, -0.05) is 19.6 Å². The molecule has 1 aromatic rings. The summed E-state index contributed by atoms with van der Waals surface area (Å²) in [6.07, 6.45) is 3.18. The van der Waals surface area contributed by atoms with Crippen LogP contribution in [0, 0.1) is 0 Å². The Balaban J connectivity index is 2.09. The van der Waals surface area contributed by atoms with Gasteiger partial charge in [-0.2, -0.15) is 5.10 Å². The third kappa shape index (κ3) is 4.79. The molecular formula is C8H17N3OSi. The molecule has 0 aliphatic heterocycles. The summed E-state index contributed by atoms with van der Waals surface area (Å²) < 4.78 is 7.13. The molecule has 4 nitrogen and oxygen atoms in total. The van der Waals surface area contributed by atoms with Crippen LogP contribution in [0.15, 0.2) is 12.7 Å². The van der Waals surface area contributed by atoms with Crippen LogP contribution in [0.1, 0.15) is 0 Å². The molecule has 0 bridgehead atoms. The Morgan fingerprint density at radius 1 is 1.38 bits per heavy atom. The van der Waals surface area contributed by atoms with E-state index < -0.39 is 8.07 Å². The highest BCUT2D eigenvalue weighted by molar-refractivity contribution is 6.76. The number of hydrogen-bond acceptors (Lipinski definition) is 3. The topological polar surface area (TPSA) is 39.9 Å². The molecule has 0 saturated carbocycles. The summed E-state index contributed by atoms with van der Waals surface area (Å²) in [7, 11) is -0.950. The zero-order valence-electron chi connectivity index (χ0n) is 8.53. The average molecular weight is 199 g/mol. The smallest absolute Gasteiger partial charge is 0.141 e. The van der Waals surface area contributed by atoms with Crippen molar-refractivity contribution in [2.24, 2.45) is 0 Å². The highest BCUT2D eigenvalue weighted by Gasteiger charge is 2.11. The van der Waals surface area contributed by atoms with Crippen molar-refractivity contribution in [1.29, 1.82) is 0 Å². The van der Waals surface area contributed by atoms with Crippen LogP contribution in [0.3, 0.4) is 0 Å². The first-order valence-electron chi connectivity index (χ1n) is 4.48. The van der Waals surface area contributed by atoms with Crippen molar-refractivity contribution in [2.75, 3.05) is 6.61 Å². The minimum Gasteiger partial charge on any atom is -0.359 e. The molecule has 74 valence electrons. The molecule has 1 aromatic heterocycles. The van der Waals surface area contributed by atoms with E-state index >= 15 is 0 Å². The molecule has 0 amide bonds. The lowest BCUT2D eigenvalue weighted by Gasteiger charge is -2.15. The Morgan fingerprint density at radius 2 is 2.15 bits per heavy atom. The lowest BCUT2D eigenvalue weighted by Crippen LogP contribution is -2.22. The van der Waals surface area contributed by atoms with Crippen molar-refractivity contribution in [1.82, 2.24) is 14.8 Å². The van der Waals surface area contributed by atoms with E-state index in [0.29, 0.717) is 6.73 Å². The third-order valence-electron chi connectivity index (χ3n) is 1.69. The zero-order chi connectivity index (χ0) is 9.73. The van der Waals surface area contributed by atoms with Crippen molar-refractivity contribution in [3.05, 3.63) is 12.7 Å². The molecule has 0 saturated heterocycles. The van der Waals surface area contributed by atoms with E-state index in [4.69, 9.17) is 4.74 Å². The van der Waals surface area contributed by atoms with Gasteiger partial charge in [-0.3, -0.25) is 0 Å². The normalized spacial score (nSPS) is 11.9. The SMILES string of the molecule is C[Si](C)(C)CCOCn1cncn1. The van der Waals surface area contributed by atoms with Gasteiger partial charge in [-0.15, -0.1) is 0 Å². The van der Waals surface area contributed by atoms with Gasteiger partial charge in [-0.05, 0) is 6.04 Å². The summed E-state index contributed by atoms with van der Waals surface area (Å²) in [5.74, 6) is 0. The van der Waals surface area contributed by atoms with E-state index in [1.165, 1.54) is 12.4 Å². The summed E-state index contributed by atoms with van der Waals surface area (Å²) in [5.41, 5.74) is 0. The molecule has 1 heterocycles. The van der Waals surface area contributed by atoms with Gasteiger partial charge in [0.1, 0.15) is 19.4 Å². The molecule has 13 heavy (non-hydrogen) atoms. The molecule has 0 aliphatic rings. The molecule has 0 radical (unpaired) electrons. The number of nitrogens with zero attached hydrogens (tertiary/aromatic N) is 3. The molecule has 5 heteroatoms. The summed E-state index contributed by atoms with van der Waals surface area (Å²) in [4.78, 5) is 3.83. The fraction of sp³-hybridized carbons (Fsp3) is 0.750. The summed E-state index contributed by atoms with van der Waals surface area (Å²) in [6.45, 7) is 8.36. The zero-order valence-corrected chi connectivity index (χ0v) is 9.53. The Kier molecular flexibility index (Phi) is 3.62. The second kappa shape index (κ2) is 4.52. The van der Waals surface area contributed by atoms with E-state index in [9.17, 15) is 0 Å². The van der Waals surface area contributed by atoms with Gasteiger partial charge in [0.2, 0.25) is 0 Å². The first-order valence-corrected chi connectivity index (χ1v) is 8.19.